The first-order valence-corrected chi connectivity index (χ1v) is 9.72. The van der Waals surface area contributed by atoms with E-state index in [1.807, 2.05) is 13.8 Å². The van der Waals surface area contributed by atoms with Crippen LogP contribution in [0.15, 0.2) is 36.4 Å². The molecule has 0 atom stereocenters. The minimum Gasteiger partial charge on any atom is -0.495 e. The predicted octanol–water partition coefficient (Wildman–Crippen LogP) is 4.16. The second-order valence-electron chi connectivity index (χ2n) is 6.68. The van der Waals surface area contributed by atoms with Crippen molar-refractivity contribution in [3.05, 3.63) is 58.4 Å². The van der Waals surface area contributed by atoms with Gasteiger partial charge in [0.05, 0.1) is 36.2 Å². The van der Waals surface area contributed by atoms with Crippen molar-refractivity contribution in [2.24, 2.45) is 0 Å². The Morgan fingerprint density at radius 3 is 2.32 bits per heavy atom. The third-order valence-corrected chi connectivity index (χ3v) is 4.90. The number of amides is 1. The highest BCUT2D eigenvalue weighted by Gasteiger charge is 2.15. The van der Waals surface area contributed by atoms with Crippen molar-refractivity contribution in [3.63, 3.8) is 0 Å². The third-order valence-electron chi connectivity index (χ3n) is 4.60. The first kappa shape index (κ1) is 22.2. The summed E-state index contributed by atoms with van der Waals surface area (Å²) >= 11 is 6.09. The zero-order valence-electron chi connectivity index (χ0n) is 17.5. The summed E-state index contributed by atoms with van der Waals surface area (Å²) in [6.45, 7) is 3.39. The molecule has 3 aromatic rings. The van der Waals surface area contributed by atoms with E-state index in [1.54, 1.807) is 30.3 Å². The molecule has 3 rings (SSSR count). The number of ether oxygens (including phenoxy) is 3. The molecule has 9 heteroatoms. The molecule has 0 aliphatic heterocycles. The highest BCUT2D eigenvalue weighted by molar-refractivity contribution is 6.32. The highest BCUT2D eigenvalue weighted by Crippen LogP contribution is 2.35. The largest absolute Gasteiger partial charge is 0.495 e. The van der Waals surface area contributed by atoms with Crippen molar-refractivity contribution in [1.29, 1.82) is 0 Å². The Hall–Kier alpha value is -3.52. The minimum absolute atomic E-state index is 0.303. The molecule has 2 N–H and O–H groups in total. The highest BCUT2D eigenvalue weighted by atomic mass is 35.5. The van der Waals surface area contributed by atoms with Crippen molar-refractivity contribution in [1.82, 2.24) is 9.97 Å². The number of hydrogen-bond acceptors (Lipinski definition) is 6. The molecule has 8 nitrogen and oxygen atoms in total. The van der Waals surface area contributed by atoms with Gasteiger partial charge in [-0.1, -0.05) is 23.7 Å². The third kappa shape index (κ3) is 5.16. The Bertz CT molecular complexity index is 1090. The number of nitrogens with zero attached hydrogens (tertiary/aromatic N) is 1. The van der Waals surface area contributed by atoms with E-state index in [-0.39, 0.29) is 0 Å². The number of benzene rings is 2. The van der Waals surface area contributed by atoms with Crippen LogP contribution in [0, 0.1) is 13.8 Å². The molecule has 31 heavy (non-hydrogen) atoms. The molecule has 0 saturated carbocycles. The molecule has 0 aliphatic carbocycles. The zero-order valence-corrected chi connectivity index (χ0v) is 18.3. The van der Waals surface area contributed by atoms with Crippen LogP contribution in [0.2, 0.25) is 5.02 Å². The van der Waals surface area contributed by atoms with E-state index in [0.717, 1.165) is 22.8 Å². The molecular formula is C22H22ClN3O5. The minimum atomic E-state index is -0.617. The van der Waals surface area contributed by atoms with Crippen molar-refractivity contribution in [3.8, 4) is 22.9 Å². The molecule has 162 valence electrons. The lowest BCUT2D eigenvalue weighted by Crippen LogP contribution is -2.21. The number of methoxy groups -OCH3 is 2. The van der Waals surface area contributed by atoms with Gasteiger partial charge in [0.1, 0.15) is 17.3 Å². The van der Waals surface area contributed by atoms with Gasteiger partial charge in [-0.05, 0) is 32.0 Å². The number of halogens is 1. The van der Waals surface area contributed by atoms with Crippen LogP contribution in [-0.2, 0) is 9.53 Å². The summed E-state index contributed by atoms with van der Waals surface area (Å²) in [5, 5.41) is 2.91. The fraction of sp³-hybridized carbons (Fsp3) is 0.227. The second kappa shape index (κ2) is 9.53. The van der Waals surface area contributed by atoms with Crippen molar-refractivity contribution in [2.75, 3.05) is 26.1 Å². The van der Waals surface area contributed by atoms with Crippen molar-refractivity contribution in [2.45, 2.75) is 13.8 Å². The van der Waals surface area contributed by atoms with Crippen LogP contribution in [0.3, 0.4) is 0 Å². The number of hydrogen-bond donors (Lipinski definition) is 2. The van der Waals surface area contributed by atoms with Crippen molar-refractivity contribution >= 4 is 29.2 Å². The van der Waals surface area contributed by atoms with E-state index >= 15 is 0 Å². The number of esters is 1. The Morgan fingerprint density at radius 1 is 1.06 bits per heavy atom. The fourth-order valence-corrected chi connectivity index (χ4v) is 3.05. The van der Waals surface area contributed by atoms with Gasteiger partial charge in [-0.15, -0.1) is 0 Å². The van der Waals surface area contributed by atoms with Gasteiger partial charge in [0, 0.05) is 17.3 Å². The van der Waals surface area contributed by atoms with Gasteiger partial charge in [-0.3, -0.25) is 4.79 Å². The Labute approximate surface area is 184 Å². The van der Waals surface area contributed by atoms with E-state index < -0.39 is 18.5 Å². The van der Waals surface area contributed by atoms with Gasteiger partial charge in [-0.25, -0.2) is 9.78 Å². The molecule has 0 radical (unpaired) electrons. The molecule has 1 heterocycles. The number of rotatable bonds is 7. The molecule has 0 aliphatic rings. The molecule has 0 unspecified atom stereocenters. The van der Waals surface area contributed by atoms with Crippen LogP contribution in [0.25, 0.3) is 11.4 Å². The van der Waals surface area contributed by atoms with Gasteiger partial charge in [0.2, 0.25) is 0 Å². The van der Waals surface area contributed by atoms with Crippen molar-refractivity contribution < 1.29 is 23.8 Å². The molecule has 1 aromatic heterocycles. The number of H-pyrrole nitrogens is 1. The summed E-state index contributed by atoms with van der Waals surface area (Å²) in [6.07, 6.45) is 0. The summed E-state index contributed by atoms with van der Waals surface area (Å²) in [5.74, 6) is 0.340. The van der Waals surface area contributed by atoms with E-state index in [2.05, 4.69) is 15.3 Å². The van der Waals surface area contributed by atoms with Crippen LogP contribution in [0.5, 0.6) is 11.5 Å². The second-order valence-corrected chi connectivity index (χ2v) is 7.09. The average Bonchev–Trinajstić information content (AvgIpc) is 3.10. The van der Waals surface area contributed by atoms with Crippen LogP contribution >= 0.6 is 11.6 Å². The Kier molecular flexibility index (Phi) is 6.81. The lowest BCUT2D eigenvalue weighted by atomic mass is 10.1. The monoisotopic (exact) mass is 443 g/mol. The van der Waals surface area contributed by atoms with E-state index in [0.29, 0.717) is 27.8 Å². The topological polar surface area (TPSA) is 103 Å². The first-order chi connectivity index (χ1) is 14.8. The van der Waals surface area contributed by atoms with Gasteiger partial charge in [0.15, 0.2) is 6.61 Å². The molecule has 0 fully saturated rings. The van der Waals surface area contributed by atoms with Crippen LogP contribution in [-0.4, -0.2) is 42.7 Å². The number of anilines is 1. The number of aromatic amines is 1. The SMILES string of the molecule is COc1cc(OC)c(NC(=O)COC(=O)c2ccc(-c3nc(C)c(C)[nH]3)cc2)cc1Cl. The number of aryl methyl sites for hydroxylation is 2. The predicted molar refractivity (Wildman–Crippen MR) is 117 cm³/mol. The summed E-state index contributed by atoms with van der Waals surface area (Å²) in [7, 11) is 2.93. The summed E-state index contributed by atoms with van der Waals surface area (Å²) in [6, 6.07) is 9.81. The van der Waals surface area contributed by atoms with E-state index in [4.69, 9.17) is 25.8 Å². The Balaban J connectivity index is 1.60. The molecule has 0 spiro atoms. The molecule has 0 bridgehead atoms. The number of aromatic nitrogens is 2. The molecule has 2 aromatic carbocycles. The number of nitrogens with one attached hydrogen (secondary N) is 2. The van der Waals surface area contributed by atoms with Gasteiger partial charge < -0.3 is 24.5 Å². The zero-order chi connectivity index (χ0) is 22.5. The van der Waals surface area contributed by atoms with Gasteiger partial charge in [-0.2, -0.15) is 0 Å². The maximum atomic E-state index is 12.3. The number of carbonyl (C=O) groups excluding carboxylic acids is 2. The Morgan fingerprint density at radius 2 is 1.74 bits per heavy atom. The number of carbonyl (C=O) groups is 2. The standard InChI is InChI=1S/C22H22ClN3O5/c1-12-13(2)25-21(24-12)14-5-7-15(8-6-14)22(28)31-11-20(27)26-17-9-16(23)18(29-3)10-19(17)30-4/h5-10H,11H2,1-4H3,(H,24,25)(H,26,27). The normalized spacial score (nSPS) is 10.5. The number of imidazole rings is 1. The van der Waals surface area contributed by atoms with Gasteiger partial charge >= 0.3 is 5.97 Å². The summed E-state index contributed by atoms with van der Waals surface area (Å²) < 4.78 is 15.5. The van der Waals surface area contributed by atoms with Crippen LogP contribution < -0.4 is 14.8 Å². The van der Waals surface area contributed by atoms with E-state index in [1.165, 1.54) is 20.3 Å². The summed E-state index contributed by atoms with van der Waals surface area (Å²) in [5.41, 5.74) is 3.40. The van der Waals surface area contributed by atoms with Crippen LogP contribution in [0.1, 0.15) is 21.7 Å². The average molecular weight is 444 g/mol. The van der Waals surface area contributed by atoms with Gasteiger partial charge in [0.25, 0.3) is 5.91 Å². The summed E-state index contributed by atoms with van der Waals surface area (Å²) in [4.78, 5) is 32.1. The molecule has 1 amide bonds. The lowest BCUT2D eigenvalue weighted by Gasteiger charge is -2.13. The molecule has 0 saturated heterocycles. The maximum absolute atomic E-state index is 12.3. The first-order valence-electron chi connectivity index (χ1n) is 9.34. The molecular weight excluding hydrogens is 422 g/mol. The quantitative estimate of drug-likeness (QED) is 0.531. The van der Waals surface area contributed by atoms with E-state index in [9.17, 15) is 9.59 Å². The lowest BCUT2D eigenvalue weighted by molar-refractivity contribution is -0.119. The fourth-order valence-electron chi connectivity index (χ4n) is 2.81. The maximum Gasteiger partial charge on any atom is 0.338 e. The van der Waals surface area contributed by atoms with Crippen LogP contribution in [0.4, 0.5) is 5.69 Å². The smallest absolute Gasteiger partial charge is 0.338 e.